The Labute approximate surface area is 553 Å². The first-order valence-electron chi connectivity index (χ1n) is 31.2. The maximum absolute atomic E-state index is 14.7. The zero-order valence-electron chi connectivity index (χ0n) is 54.1. The molecule has 34 nitrogen and oxygen atoms in total. The summed E-state index contributed by atoms with van der Waals surface area (Å²) in [5.74, 6) is -15.9. The highest BCUT2D eigenvalue weighted by atomic mass is 32.2. The molecule has 0 saturated carbocycles. The summed E-state index contributed by atoms with van der Waals surface area (Å²) in [4.78, 5) is 195. The van der Waals surface area contributed by atoms with Gasteiger partial charge in [-0.1, -0.05) is 64.4 Å². The Hall–Kier alpha value is -8.80. The maximum Gasteiger partial charge on any atom is 0.326 e. The smallest absolute Gasteiger partial charge is 0.326 e. The molecule has 11 amide bonds. The third kappa shape index (κ3) is 27.2. The number of nitrogens with one attached hydrogen (secondary N) is 11. The first-order chi connectivity index (χ1) is 45.0. The number of nitrogens with zero attached hydrogens (tertiary/aromatic N) is 2. The number of amides is 11. The number of thioether (sulfide) groups is 1. The van der Waals surface area contributed by atoms with E-state index in [1.165, 1.54) is 36.1 Å². The summed E-state index contributed by atoms with van der Waals surface area (Å²) in [5.41, 5.74) is 13.0. The number of imidazole rings is 1. The fourth-order valence-electron chi connectivity index (χ4n) is 9.80. The van der Waals surface area contributed by atoms with Crippen LogP contribution in [0.5, 0.6) is 0 Å². The Morgan fingerprint density at radius 1 is 0.663 bits per heavy atom. The lowest BCUT2D eigenvalue weighted by atomic mass is 9.97. The third-order valence-corrected chi connectivity index (χ3v) is 16.2. The number of aliphatic carboxylic acids is 3. The van der Waals surface area contributed by atoms with E-state index in [9.17, 15) is 92.7 Å². The van der Waals surface area contributed by atoms with Crippen LogP contribution in [0.1, 0.15) is 110 Å². The first kappa shape index (κ1) is 80.4. The van der Waals surface area contributed by atoms with Gasteiger partial charge in [-0.3, -0.25) is 62.3 Å². The van der Waals surface area contributed by atoms with Crippen molar-refractivity contribution < 1.29 is 92.7 Å². The van der Waals surface area contributed by atoms with Crippen LogP contribution in [0, 0.1) is 11.8 Å². The van der Waals surface area contributed by atoms with Gasteiger partial charge in [0.2, 0.25) is 65.0 Å². The Morgan fingerprint density at radius 3 is 1.83 bits per heavy atom. The van der Waals surface area contributed by atoms with Crippen molar-refractivity contribution in [3.63, 3.8) is 0 Å². The second kappa shape index (κ2) is 41.1. The van der Waals surface area contributed by atoms with E-state index in [1.807, 2.05) is 0 Å². The van der Waals surface area contributed by atoms with E-state index in [2.05, 4.69) is 63.1 Å². The number of carboxylic acids is 3. The van der Waals surface area contributed by atoms with E-state index >= 15 is 0 Å². The molecule has 13 atom stereocenters. The molecular formula is C60H93N15O19S. The topological polar surface area (TPSA) is 544 Å². The number of carbonyl (C=O) groups excluding carboxylic acids is 11. The lowest BCUT2D eigenvalue weighted by molar-refractivity contribution is -0.143. The normalized spacial score (nSPS) is 16.6. The van der Waals surface area contributed by atoms with E-state index in [1.54, 1.807) is 64.3 Å². The van der Waals surface area contributed by atoms with Gasteiger partial charge in [0.15, 0.2) is 0 Å². The zero-order chi connectivity index (χ0) is 71.1. The number of aliphatic hydroxyl groups is 2. The van der Waals surface area contributed by atoms with Gasteiger partial charge in [-0.15, -0.1) is 0 Å². The number of likely N-dealkylation sites (tertiary alicyclic amines) is 1. The molecule has 3 rings (SSSR count). The Balaban J connectivity index is 1.82. The summed E-state index contributed by atoms with van der Waals surface area (Å²) in [6, 6.07) is -7.71. The highest BCUT2D eigenvalue weighted by molar-refractivity contribution is 7.98. The van der Waals surface area contributed by atoms with Crippen LogP contribution in [0.15, 0.2) is 42.9 Å². The van der Waals surface area contributed by atoms with Gasteiger partial charge in [-0.05, 0) is 87.8 Å². The molecule has 528 valence electrons. The Kier molecular flexibility index (Phi) is 34.8. The molecule has 1 aliphatic rings. The van der Waals surface area contributed by atoms with Crippen LogP contribution >= 0.6 is 11.8 Å². The van der Waals surface area contributed by atoms with Gasteiger partial charge in [-0.25, -0.2) is 9.78 Å². The monoisotopic (exact) mass is 1360 g/mol. The largest absolute Gasteiger partial charge is 0.481 e. The summed E-state index contributed by atoms with van der Waals surface area (Å²) in [6.07, 6.45) is 1.49. The van der Waals surface area contributed by atoms with E-state index in [-0.39, 0.29) is 64.0 Å². The summed E-state index contributed by atoms with van der Waals surface area (Å²) in [5, 5.41) is 73.8. The molecule has 2 heterocycles. The van der Waals surface area contributed by atoms with Crippen LogP contribution in [0.2, 0.25) is 0 Å². The lowest BCUT2D eigenvalue weighted by Crippen LogP contribution is -2.62. The molecule has 1 aliphatic heterocycles. The van der Waals surface area contributed by atoms with Gasteiger partial charge in [0.1, 0.15) is 60.4 Å². The van der Waals surface area contributed by atoms with Gasteiger partial charge >= 0.3 is 17.9 Å². The molecule has 1 saturated heterocycles. The molecule has 1 fully saturated rings. The van der Waals surface area contributed by atoms with Crippen molar-refractivity contribution in [2.24, 2.45) is 23.3 Å². The van der Waals surface area contributed by atoms with E-state index < -0.39 is 194 Å². The molecule has 0 aliphatic carbocycles. The van der Waals surface area contributed by atoms with Crippen LogP contribution in [-0.4, -0.2) is 234 Å². The van der Waals surface area contributed by atoms with Gasteiger partial charge in [0.25, 0.3) is 0 Å². The molecule has 35 heteroatoms. The van der Waals surface area contributed by atoms with Crippen molar-refractivity contribution in [2.75, 3.05) is 38.2 Å². The molecule has 1 aromatic carbocycles. The minimum Gasteiger partial charge on any atom is -0.481 e. The van der Waals surface area contributed by atoms with E-state index in [0.29, 0.717) is 29.9 Å². The quantitative estimate of drug-likeness (QED) is 0.0278. The predicted molar refractivity (Wildman–Crippen MR) is 341 cm³/mol. The van der Waals surface area contributed by atoms with Crippen LogP contribution in [-0.2, 0) is 80.0 Å². The summed E-state index contributed by atoms with van der Waals surface area (Å²) < 4.78 is 0. The summed E-state index contributed by atoms with van der Waals surface area (Å²) >= 11 is 1.28. The van der Waals surface area contributed by atoms with Gasteiger partial charge in [0, 0.05) is 37.7 Å². The number of carbonyl (C=O) groups is 14. The van der Waals surface area contributed by atoms with E-state index in [0.717, 1.165) is 0 Å². The standard InChI is InChI=1S/C60H93N15O19S/c1-7-32(4)48(57(90)72-42(29-76)54(87)67-37(18-19-45(79)80)50(83)64-28-44(78)66-40(26-46(81)82)53(86)69-38(60(93)94)20-23-95-6)73-51(84)36(16-11-12-21-61)68-58(91)49(33(5)77)74-55(88)43-17-13-22-75(43)59(92)41(24-34-14-9-8-10-15-34)71-52(85)39(25-35-27-63-30-65-35)70-56(89)47(62)31(2)3/h8-10,14-15,27,30-33,36-43,47-49,76-77H,7,11-13,16-26,28-29,61-62H2,1-6H3,(H,63,65)(H,64,83)(H,66,78)(H,67,87)(H,68,91)(H,69,86)(H,70,89)(H,71,85)(H,72,90)(H,73,84)(H,74,88)(H,79,80)(H,81,82)(H,93,94)/t32-,33+,36-,37-,38-,39-,40-,41-,42-,43-,47-,48-,49-/m0/s1. The molecule has 1 aromatic heterocycles. The number of benzene rings is 1. The molecule has 0 spiro atoms. The second-order valence-corrected chi connectivity index (χ2v) is 24.3. The lowest BCUT2D eigenvalue weighted by Gasteiger charge is -2.32. The summed E-state index contributed by atoms with van der Waals surface area (Å²) in [6.45, 7) is 5.97. The third-order valence-electron chi connectivity index (χ3n) is 15.6. The highest BCUT2D eigenvalue weighted by Crippen LogP contribution is 2.21. The molecule has 95 heavy (non-hydrogen) atoms. The molecule has 0 unspecified atom stereocenters. The molecule has 0 bridgehead atoms. The number of hydrogen-bond acceptors (Lipinski definition) is 20. The molecule has 2 aromatic rings. The number of unbranched alkanes of at least 4 members (excludes halogenated alkanes) is 1. The van der Waals surface area contributed by atoms with Crippen LogP contribution in [0.25, 0.3) is 0 Å². The maximum atomic E-state index is 14.7. The number of aromatic amines is 1. The number of aromatic nitrogens is 2. The number of H-pyrrole nitrogens is 1. The Morgan fingerprint density at radius 2 is 1.25 bits per heavy atom. The highest BCUT2D eigenvalue weighted by Gasteiger charge is 2.42. The van der Waals surface area contributed by atoms with E-state index in [4.69, 9.17) is 11.5 Å². The van der Waals surface area contributed by atoms with Crippen molar-refractivity contribution in [3.8, 4) is 0 Å². The fourth-order valence-corrected chi connectivity index (χ4v) is 10.3. The minimum absolute atomic E-state index is 0.0380. The van der Waals surface area contributed by atoms with Gasteiger partial charge in [-0.2, -0.15) is 11.8 Å². The van der Waals surface area contributed by atoms with Crippen molar-refractivity contribution in [1.29, 1.82) is 0 Å². The average Bonchev–Trinajstić information content (AvgIpc) is 1.77. The summed E-state index contributed by atoms with van der Waals surface area (Å²) in [7, 11) is 0. The van der Waals surface area contributed by atoms with Crippen LogP contribution in [0.4, 0.5) is 0 Å². The van der Waals surface area contributed by atoms with Crippen molar-refractivity contribution in [3.05, 3.63) is 54.1 Å². The second-order valence-electron chi connectivity index (χ2n) is 23.4. The van der Waals surface area contributed by atoms with Crippen molar-refractivity contribution >= 4 is 94.6 Å². The SMILES string of the molecule is CC[C@H](C)[C@H](NC(=O)[C@H](CCCCN)NC(=O)[C@@H](NC(=O)[C@@H]1CCCN1C(=O)[C@H](Cc1ccccc1)NC(=O)[C@H](Cc1cnc[nH]1)NC(=O)[C@@H](N)C(C)C)[C@@H](C)O)C(=O)N[C@@H](CO)C(=O)N[C@@H](CCC(=O)O)C(=O)NCC(=O)N[C@@H](CC(=O)O)C(=O)N[C@@H](CCSC)C(=O)O. The molecule has 20 N–H and O–H groups in total. The number of rotatable bonds is 43. The van der Waals surface area contributed by atoms with Crippen molar-refractivity contribution in [2.45, 2.75) is 184 Å². The van der Waals surface area contributed by atoms with Gasteiger partial charge in [0.05, 0.1) is 38.0 Å². The fraction of sp³-hybridized carbons (Fsp3) is 0.617. The molecular weight excluding hydrogens is 1270 g/mol. The molecule has 0 radical (unpaired) electrons. The minimum atomic E-state index is -1.88. The van der Waals surface area contributed by atoms with Crippen LogP contribution in [0.3, 0.4) is 0 Å². The number of carboxylic acid groups (broad SMARTS) is 3. The number of aliphatic hydroxyl groups excluding tert-OH is 2. The average molecular weight is 1360 g/mol. The predicted octanol–water partition coefficient (Wildman–Crippen LogP) is -4.63. The van der Waals surface area contributed by atoms with Crippen molar-refractivity contribution in [1.82, 2.24) is 68.0 Å². The first-order valence-corrected chi connectivity index (χ1v) is 32.6. The van der Waals surface area contributed by atoms with Crippen LogP contribution < -0.4 is 64.6 Å². The number of hydrogen-bond donors (Lipinski definition) is 18. The number of nitrogens with two attached hydrogens (primary N) is 2. The Bertz CT molecular complexity index is 2930. The van der Waals surface area contributed by atoms with Gasteiger partial charge < -0.3 is 100 Å². The zero-order valence-corrected chi connectivity index (χ0v) is 54.9.